The highest BCUT2D eigenvalue weighted by atomic mass is 14.9. The summed E-state index contributed by atoms with van der Waals surface area (Å²) in [4.78, 5) is 0. The van der Waals surface area contributed by atoms with Gasteiger partial charge in [0.15, 0.2) is 0 Å². The van der Waals surface area contributed by atoms with Crippen molar-refractivity contribution in [1.29, 1.82) is 0 Å². The zero-order valence-corrected chi connectivity index (χ0v) is 8.88. The highest BCUT2D eigenvalue weighted by Crippen LogP contribution is 2.15. The van der Waals surface area contributed by atoms with Gasteiger partial charge in [-0.25, -0.2) is 0 Å². The normalized spacial score (nSPS) is 10.4. The summed E-state index contributed by atoms with van der Waals surface area (Å²) in [6.45, 7) is 8.12. The molecule has 0 atom stereocenters. The molecule has 0 radical (unpaired) electrons. The van der Waals surface area contributed by atoms with E-state index >= 15 is 0 Å². The van der Waals surface area contributed by atoms with Crippen molar-refractivity contribution in [1.82, 2.24) is 0 Å². The van der Waals surface area contributed by atoms with Gasteiger partial charge < -0.3 is 5.32 Å². The number of nitrogens with one attached hydrogen (secondary N) is 1. The number of hydrogen-bond donors (Lipinski definition) is 1. The number of para-hydroxylation sites is 1. The predicted octanol–water partition coefficient (Wildman–Crippen LogP) is 3.89. The second-order valence-electron chi connectivity index (χ2n) is 3.28. The fourth-order valence-electron chi connectivity index (χ4n) is 1.19. The van der Waals surface area contributed by atoms with Crippen LogP contribution in [0, 0.1) is 6.92 Å². The average Bonchev–Trinajstić information content (AvgIpc) is 2.18. The molecule has 74 valence electrons. The first-order chi connectivity index (χ1) is 6.74. The summed E-state index contributed by atoms with van der Waals surface area (Å²) < 4.78 is 0. The first kappa shape index (κ1) is 10.6. The zero-order chi connectivity index (χ0) is 10.4. The van der Waals surface area contributed by atoms with Crippen LogP contribution in [-0.4, -0.2) is 0 Å². The van der Waals surface area contributed by atoms with Gasteiger partial charge in [0, 0.05) is 11.4 Å². The van der Waals surface area contributed by atoms with Crippen molar-refractivity contribution >= 4 is 5.69 Å². The summed E-state index contributed by atoms with van der Waals surface area (Å²) >= 11 is 0. The zero-order valence-electron chi connectivity index (χ0n) is 8.88. The van der Waals surface area contributed by atoms with E-state index in [9.17, 15) is 0 Å². The molecule has 0 amide bonds. The standard InChI is InChI=1S/C13H17N/c1-4-5-9-12(3)14-13-10-7-6-8-11(13)2/h5-10,14H,3-4H2,1-2H3/b9-5-. The van der Waals surface area contributed by atoms with E-state index in [2.05, 4.69) is 44.0 Å². The second-order valence-corrected chi connectivity index (χ2v) is 3.28. The van der Waals surface area contributed by atoms with Crippen LogP contribution in [0.25, 0.3) is 0 Å². The minimum Gasteiger partial charge on any atom is -0.356 e. The van der Waals surface area contributed by atoms with E-state index in [-0.39, 0.29) is 0 Å². The highest BCUT2D eigenvalue weighted by molar-refractivity contribution is 5.55. The SMILES string of the molecule is C=C(/C=C\CC)Nc1ccccc1C. The molecule has 0 spiro atoms. The van der Waals surface area contributed by atoms with E-state index in [1.165, 1.54) is 5.56 Å². The lowest BCUT2D eigenvalue weighted by atomic mass is 10.2. The molecule has 0 aliphatic heterocycles. The molecule has 0 saturated carbocycles. The van der Waals surface area contributed by atoms with Gasteiger partial charge in [-0.15, -0.1) is 0 Å². The molecule has 0 saturated heterocycles. The maximum absolute atomic E-state index is 3.93. The molecule has 1 nitrogen and oxygen atoms in total. The third kappa shape index (κ3) is 3.09. The van der Waals surface area contributed by atoms with Gasteiger partial charge in [-0.3, -0.25) is 0 Å². The molecule has 1 aromatic carbocycles. The van der Waals surface area contributed by atoms with Crippen LogP contribution < -0.4 is 5.32 Å². The van der Waals surface area contributed by atoms with Gasteiger partial charge in [-0.2, -0.15) is 0 Å². The van der Waals surface area contributed by atoms with Crippen molar-refractivity contribution in [3.8, 4) is 0 Å². The van der Waals surface area contributed by atoms with Crippen LogP contribution in [0.4, 0.5) is 5.69 Å². The predicted molar refractivity (Wildman–Crippen MR) is 63.4 cm³/mol. The van der Waals surface area contributed by atoms with Gasteiger partial charge in [0.1, 0.15) is 0 Å². The molecule has 0 bridgehead atoms. The van der Waals surface area contributed by atoms with Crippen molar-refractivity contribution < 1.29 is 0 Å². The number of rotatable bonds is 4. The first-order valence-electron chi connectivity index (χ1n) is 4.92. The molecule has 1 aromatic rings. The smallest absolute Gasteiger partial charge is 0.0413 e. The summed E-state index contributed by atoms with van der Waals surface area (Å²) in [6.07, 6.45) is 5.13. The van der Waals surface area contributed by atoms with Crippen molar-refractivity contribution in [2.45, 2.75) is 20.3 Å². The quantitative estimate of drug-likeness (QED) is 0.705. The number of anilines is 1. The molecule has 1 rings (SSSR count). The summed E-state index contributed by atoms with van der Waals surface area (Å²) in [7, 11) is 0. The third-order valence-corrected chi connectivity index (χ3v) is 2.00. The number of aryl methyl sites for hydroxylation is 1. The first-order valence-corrected chi connectivity index (χ1v) is 4.92. The van der Waals surface area contributed by atoms with E-state index in [0.29, 0.717) is 0 Å². The van der Waals surface area contributed by atoms with Gasteiger partial charge >= 0.3 is 0 Å². The van der Waals surface area contributed by atoms with Crippen LogP contribution >= 0.6 is 0 Å². The van der Waals surface area contributed by atoms with Crippen molar-refractivity contribution in [3.05, 3.63) is 54.3 Å². The molecular weight excluding hydrogens is 170 g/mol. The van der Waals surface area contributed by atoms with Crippen LogP contribution in [-0.2, 0) is 0 Å². The molecule has 14 heavy (non-hydrogen) atoms. The number of hydrogen-bond acceptors (Lipinski definition) is 1. The molecule has 1 heteroatoms. The molecule has 0 fully saturated rings. The lowest BCUT2D eigenvalue weighted by molar-refractivity contribution is 1.22. The summed E-state index contributed by atoms with van der Waals surface area (Å²) in [5.74, 6) is 0. The van der Waals surface area contributed by atoms with Crippen molar-refractivity contribution in [2.24, 2.45) is 0 Å². The number of benzene rings is 1. The summed E-state index contributed by atoms with van der Waals surface area (Å²) in [5, 5.41) is 3.26. The Morgan fingerprint density at radius 1 is 1.43 bits per heavy atom. The van der Waals surface area contributed by atoms with E-state index in [0.717, 1.165) is 17.8 Å². The van der Waals surface area contributed by atoms with Crippen LogP contribution in [0.2, 0.25) is 0 Å². The van der Waals surface area contributed by atoms with Crippen LogP contribution in [0.5, 0.6) is 0 Å². The van der Waals surface area contributed by atoms with Gasteiger partial charge in [0.2, 0.25) is 0 Å². The fraction of sp³-hybridized carbons (Fsp3) is 0.231. The van der Waals surface area contributed by atoms with Crippen LogP contribution in [0.15, 0.2) is 48.7 Å². The molecule has 0 aromatic heterocycles. The van der Waals surface area contributed by atoms with Gasteiger partial charge in [-0.05, 0) is 31.1 Å². The van der Waals surface area contributed by atoms with Crippen molar-refractivity contribution in [3.63, 3.8) is 0 Å². The Balaban J connectivity index is 2.65. The molecule has 0 aliphatic carbocycles. The van der Waals surface area contributed by atoms with E-state index in [1.807, 2.05) is 18.2 Å². The minimum atomic E-state index is 0.932. The van der Waals surface area contributed by atoms with E-state index in [1.54, 1.807) is 0 Å². The molecule has 1 N–H and O–H groups in total. The van der Waals surface area contributed by atoms with Gasteiger partial charge in [0.25, 0.3) is 0 Å². The van der Waals surface area contributed by atoms with Crippen molar-refractivity contribution in [2.75, 3.05) is 5.32 Å². The van der Waals surface area contributed by atoms with Crippen LogP contribution in [0.3, 0.4) is 0 Å². The van der Waals surface area contributed by atoms with E-state index < -0.39 is 0 Å². The van der Waals surface area contributed by atoms with E-state index in [4.69, 9.17) is 0 Å². The van der Waals surface area contributed by atoms with Gasteiger partial charge in [-0.1, -0.05) is 37.8 Å². The molecular formula is C13H17N. The Morgan fingerprint density at radius 3 is 2.79 bits per heavy atom. The Labute approximate surface area is 86.2 Å². The highest BCUT2D eigenvalue weighted by Gasteiger charge is 1.94. The molecule has 0 unspecified atom stereocenters. The topological polar surface area (TPSA) is 12.0 Å². The summed E-state index contributed by atoms with van der Waals surface area (Å²) in [6, 6.07) is 8.19. The summed E-state index contributed by atoms with van der Waals surface area (Å²) in [5.41, 5.74) is 3.29. The minimum absolute atomic E-state index is 0.932. The second kappa shape index (κ2) is 5.28. The number of allylic oxidation sites excluding steroid dienone is 2. The monoisotopic (exact) mass is 187 g/mol. The molecule has 0 heterocycles. The lowest BCUT2D eigenvalue weighted by Crippen LogP contribution is -1.96. The Kier molecular flexibility index (Phi) is 3.99. The fourth-order valence-corrected chi connectivity index (χ4v) is 1.19. The lowest BCUT2D eigenvalue weighted by Gasteiger charge is -2.08. The largest absolute Gasteiger partial charge is 0.356 e. The maximum atomic E-state index is 3.93. The Hall–Kier alpha value is -1.50. The molecule has 0 aliphatic rings. The Bertz CT molecular complexity index is 337. The average molecular weight is 187 g/mol. The third-order valence-electron chi connectivity index (χ3n) is 2.00. The van der Waals surface area contributed by atoms with Crippen LogP contribution in [0.1, 0.15) is 18.9 Å². The Morgan fingerprint density at radius 2 is 2.14 bits per heavy atom. The van der Waals surface area contributed by atoms with Gasteiger partial charge in [0.05, 0.1) is 0 Å². The maximum Gasteiger partial charge on any atom is 0.0413 e.